The SMILES string of the molecule is CCCCCCC(C)NCc1cc(Br)c(OC)c(Br)c1. The largest absolute Gasteiger partial charge is 0.494 e. The highest BCUT2D eigenvalue weighted by atomic mass is 79.9. The summed E-state index contributed by atoms with van der Waals surface area (Å²) in [7, 11) is 1.68. The highest BCUT2D eigenvalue weighted by Gasteiger charge is 2.08. The molecule has 0 amide bonds. The Bertz CT molecular complexity index is 386. The molecule has 114 valence electrons. The van der Waals surface area contributed by atoms with Gasteiger partial charge >= 0.3 is 0 Å². The summed E-state index contributed by atoms with van der Waals surface area (Å²) in [5.74, 6) is 0.848. The first-order valence-electron chi connectivity index (χ1n) is 7.33. The van der Waals surface area contributed by atoms with Gasteiger partial charge in [-0.3, -0.25) is 0 Å². The Morgan fingerprint density at radius 3 is 2.35 bits per heavy atom. The minimum absolute atomic E-state index is 0.562. The van der Waals surface area contributed by atoms with Crippen LogP contribution in [-0.2, 0) is 6.54 Å². The van der Waals surface area contributed by atoms with E-state index >= 15 is 0 Å². The smallest absolute Gasteiger partial charge is 0.147 e. The number of ether oxygens (including phenoxy) is 1. The molecule has 1 rings (SSSR count). The number of benzene rings is 1. The molecule has 0 heterocycles. The lowest BCUT2D eigenvalue weighted by Crippen LogP contribution is -2.25. The third kappa shape index (κ3) is 6.15. The molecule has 0 aliphatic carbocycles. The predicted molar refractivity (Wildman–Crippen MR) is 93.5 cm³/mol. The molecular formula is C16H25Br2NO. The highest BCUT2D eigenvalue weighted by Crippen LogP contribution is 2.34. The number of methoxy groups -OCH3 is 1. The Labute approximate surface area is 139 Å². The molecule has 1 atom stereocenters. The third-order valence-corrected chi connectivity index (χ3v) is 4.59. The number of hydrogen-bond donors (Lipinski definition) is 1. The molecule has 4 heteroatoms. The van der Waals surface area contributed by atoms with Crippen LogP contribution in [0.2, 0.25) is 0 Å². The number of nitrogens with one attached hydrogen (secondary N) is 1. The van der Waals surface area contributed by atoms with Crippen molar-refractivity contribution in [3.8, 4) is 5.75 Å². The fraction of sp³-hybridized carbons (Fsp3) is 0.625. The molecule has 0 spiro atoms. The van der Waals surface area contributed by atoms with E-state index in [-0.39, 0.29) is 0 Å². The van der Waals surface area contributed by atoms with Gasteiger partial charge < -0.3 is 10.1 Å². The van der Waals surface area contributed by atoms with E-state index in [0.29, 0.717) is 6.04 Å². The van der Waals surface area contributed by atoms with Crippen LogP contribution >= 0.6 is 31.9 Å². The monoisotopic (exact) mass is 405 g/mol. The molecule has 0 aliphatic rings. The molecule has 0 saturated carbocycles. The minimum atomic E-state index is 0.562. The Hall–Kier alpha value is -0.0600. The van der Waals surface area contributed by atoms with Gasteiger partial charge in [-0.15, -0.1) is 0 Å². The van der Waals surface area contributed by atoms with Crippen LogP contribution in [0.15, 0.2) is 21.1 Å². The van der Waals surface area contributed by atoms with Crippen LogP contribution in [0.4, 0.5) is 0 Å². The van der Waals surface area contributed by atoms with Crippen molar-refractivity contribution in [2.24, 2.45) is 0 Å². The summed E-state index contributed by atoms with van der Waals surface area (Å²) in [6, 6.07) is 4.78. The fourth-order valence-electron chi connectivity index (χ4n) is 2.18. The molecule has 1 aromatic carbocycles. The number of unbranched alkanes of at least 4 members (excludes halogenated alkanes) is 3. The van der Waals surface area contributed by atoms with Gasteiger partial charge in [0.15, 0.2) is 0 Å². The normalized spacial score (nSPS) is 12.4. The van der Waals surface area contributed by atoms with Crippen molar-refractivity contribution in [1.29, 1.82) is 0 Å². The maximum Gasteiger partial charge on any atom is 0.147 e. The second-order valence-corrected chi connectivity index (χ2v) is 6.93. The van der Waals surface area contributed by atoms with Crippen molar-refractivity contribution in [1.82, 2.24) is 5.32 Å². The molecule has 0 aromatic heterocycles. The summed E-state index contributed by atoms with van der Waals surface area (Å²) in [5, 5.41) is 3.59. The standard InChI is InChI=1S/C16H25Br2NO/c1-4-5-6-7-8-12(2)19-11-13-9-14(17)16(20-3)15(18)10-13/h9-10,12,19H,4-8,11H2,1-3H3. The van der Waals surface area contributed by atoms with Crippen molar-refractivity contribution in [2.45, 2.75) is 58.5 Å². The number of rotatable bonds is 9. The van der Waals surface area contributed by atoms with E-state index in [4.69, 9.17) is 4.74 Å². The summed E-state index contributed by atoms with van der Waals surface area (Å²) >= 11 is 7.08. The number of hydrogen-bond acceptors (Lipinski definition) is 2. The van der Waals surface area contributed by atoms with Crippen molar-refractivity contribution in [3.63, 3.8) is 0 Å². The Morgan fingerprint density at radius 2 is 1.80 bits per heavy atom. The van der Waals surface area contributed by atoms with Gasteiger partial charge in [-0.1, -0.05) is 32.6 Å². The van der Waals surface area contributed by atoms with Crippen LogP contribution in [0.1, 0.15) is 51.5 Å². The predicted octanol–water partition coefficient (Wildman–Crippen LogP) is 5.67. The second kappa shape index (κ2) is 9.80. The van der Waals surface area contributed by atoms with E-state index in [1.165, 1.54) is 37.7 Å². The first kappa shape index (κ1) is 18.0. The van der Waals surface area contributed by atoms with Gasteiger partial charge in [0.05, 0.1) is 16.1 Å². The van der Waals surface area contributed by atoms with Crippen LogP contribution in [-0.4, -0.2) is 13.2 Å². The molecule has 1 N–H and O–H groups in total. The van der Waals surface area contributed by atoms with E-state index in [1.54, 1.807) is 7.11 Å². The molecule has 0 radical (unpaired) electrons. The molecule has 0 saturated heterocycles. The maximum atomic E-state index is 5.32. The van der Waals surface area contributed by atoms with Crippen LogP contribution in [0.25, 0.3) is 0 Å². The van der Waals surface area contributed by atoms with Crippen molar-refractivity contribution < 1.29 is 4.74 Å². The van der Waals surface area contributed by atoms with Gasteiger partial charge in [0.2, 0.25) is 0 Å². The molecule has 0 fully saturated rings. The molecule has 1 unspecified atom stereocenters. The second-order valence-electron chi connectivity index (χ2n) is 5.22. The third-order valence-electron chi connectivity index (χ3n) is 3.41. The summed E-state index contributed by atoms with van der Waals surface area (Å²) in [6.45, 7) is 5.40. The van der Waals surface area contributed by atoms with E-state index in [9.17, 15) is 0 Å². The first-order valence-corrected chi connectivity index (χ1v) is 8.92. The topological polar surface area (TPSA) is 21.3 Å². The zero-order chi connectivity index (χ0) is 15.0. The molecule has 20 heavy (non-hydrogen) atoms. The van der Waals surface area contributed by atoms with Crippen LogP contribution < -0.4 is 10.1 Å². The molecular weight excluding hydrogens is 382 g/mol. The lowest BCUT2D eigenvalue weighted by Gasteiger charge is -2.15. The highest BCUT2D eigenvalue weighted by molar-refractivity contribution is 9.11. The summed E-state index contributed by atoms with van der Waals surface area (Å²) in [4.78, 5) is 0. The zero-order valence-electron chi connectivity index (χ0n) is 12.6. The Balaban J connectivity index is 2.41. The lowest BCUT2D eigenvalue weighted by molar-refractivity contribution is 0.409. The van der Waals surface area contributed by atoms with Crippen molar-refractivity contribution in [2.75, 3.05) is 7.11 Å². The van der Waals surface area contributed by atoms with Gasteiger partial charge in [-0.2, -0.15) is 0 Å². The first-order chi connectivity index (χ1) is 9.58. The van der Waals surface area contributed by atoms with Gasteiger partial charge in [-0.05, 0) is 62.9 Å². The van der Waals surface area contributed by atoms with E-state index in [0.717, 1.165) is 21.2 Å². The summed E-state index contributed by atoms with van der Waals surface area (Å²) in [6.07, 6.45) is 6.57. The summed E-state index contributed by atoms with van der Waals surface area (Å²) < 4.78 is 7.29. The van der Waals surface area contributed by atoms with Crippen LogP contribution in [0.5, 0.6) is 5.75 Å². The minimum Gasteiger partial charge on any atom is -0.494 e. The zero-order valence-corrected chi connectivity index (χ0v) is 15.8. The van der Waals surface area contributed by atoms with Gasteiger partial charge in [-0.25, -0.2) is 0 Å². The Kier molecular flexibility index (Phi) is 8.82. The average Bonchev–Trinajstić information content (AvgIpc) is 2.41. The molecule has 0 bridgehead atoms. The maximum absolute atomic E-state index is 5.32. The quantitative estimate of drug-likeness (QED) is 0.533. The van der Waals surface area contributed by atoms with Gasteiger partial charge in [0.1, 0.15) is 5.75 Å². The lowest BCUT2D eigenvalue weighted by atomic mass is 10.1. The van der Waals surface area contributed by atoms with Crippen LogP contribution in [0.3, 0.4) is 0 Å². The molecule has 1 aromatic rings. The van der Waals surface area contributed by atoms with Crippen molar-refractivity contribution in [3.05, 3.63) is 26.6 Å². The van der Waals surface area contributed by atoms with E-state index in [1.807, 2.05) is 0 Å². The number of halogens is 2. The van der Waals surface area contributed by atoms with Crippen molar-refractivity contribution >= 4 is 31.9 Å². The van der Waals surface area contributed by atoms with E-state index < -0.39 is 0 Å². The molecule has 0 aliphatic heterocycles. The van der Waals surface area contributed by atoms with Gasteiger partial charge in [0, 0.05) is 12.6 Å². The fourth-order valence-corrected chi connectivity index (χ4v) is 3.79. The van der Waals surface area contributed by atoms with Gasteiger partial charge in [0.25, 0.3) is 0 Å². The van der Waals surface area contributed by atoms with Crippen LogP contribution in [0, 0.1) is 0 Å². The van der Waals surface area contributed by atoms with E-state index in [2.05, 4.69) is 63.2 Å². The summed E-state index contributed by atoms with van der Waals surface area (Å²) in [5.41, 5.74) is 1.25. The average molecular weight is 407 g/mol. The Morgan fingerprint density at radius 1 is 1.15 bits per heavy atom. The molecule has 2 nitrogen and oxygen atoms in total.